The van der Waals surface area contributed by atoms with E-state index in [9.17, 15) is 9.90 Å². The first-order chi connectivity index (χ1) is 11.2. The quantitative estimate of drug-likeness (QED) is 0.689. The van der Waals surface area contributed by atoms with Gasteiger partial charge in [0.1, 0.15) is 0 Å². The van der Waals surface area contributed by atoms with Crippen LogP contribution in [-0.2, 0) is 0 Å². The van der Waals surface area contributed by atoms with E-state index in [0.717, 1.165) is 19.5 Å². The van der Waals surface area contributed by atoms with Gasteiger partial charge in [-0.2, -0.15) is 0 Å². The first-order valence-corrected chi connectivity index (χ1v) is 8.69. The van der Waals surface area contributed by atoms with Gasteiger partial charge in [0.25, 0.3) is 0 Å². The van der Waals surface area contributed by atoms with Crippen molar-refractivity contribution >= 4 is 6.03 Å². The van der Waals surface area contributed by atoms with Gasteiger partial charge >= 0.3 is 6.03 Å². The van der Waals surface area contributed by atoms with E-state index in [1.54, 1.807) is 0 Å². The molecule has 5 heteroatoms. The van der Waals surface area contributed by atoms with Gasteiger partial charge in [-0.3, -0.25) is 4.90 Å². The molecule has 0 aromatic heterocycles. The predicted octanol–water partition coefficient (Wildman–Crippen LogP) is 2.28. The number of aliphatic hydroxyl groups excluding tert-OH is 1. The number of amides is 2. The van der Waals surface area contributed by atoms with E-state index < -0.39 is 6.10 Å². The number of aliphatic hydroxyl groups is 1. The summed E-state index contributed by atoms with van der Waals surface area (Å²) >= 11 is 0. The highest BCUT2D eigenvalue weighted by molar-refractivity contribution is 5.73. The summed E-state index contributed by atoms with van der Waals surface area (Å²) in [7, 11) is 0. The van der Waals surface area contributed by atoms with Crippen LogP contribution in [0.15, 0.2) is 30.3 Å². The Hall–Kier alpha value is -1.59. The van der Waals surface area contributed by atoms with Crippen molar-refractivity contribution in [3.8, 4) is 0 Å². The molecule has 2 unspecified atom stereocenters. The van der Waals surface area contributed by atoms with Crippen LogP contribution in [0.1, 0.15) is 44.2 Å². The lowest BCUT2D eigenvalue weighted by Crippen LogP contribution is -2.43. The summed E-state index contributed by atoms with van der Waals surface area (Å²) < 4.78 is 0. The average molecular weight is 319 g/mol. The number of hydrogen-bond acceptors (Lipinski definition) is 3. The van der Waals surface area contributed by atoms with Crippen LogP contribution in [-0.4, -0.2) is 48.3 Å². The zero-order valence-corrected chi connectivity index (χ0v) is 14.0. The maximum Gasteiger partial charge on any atom is 0.314 e. The van der Waals surface area contributed by atoms with Gasteiger partial charge in [0.15, 0.2) is 0 Å². The molecule has 0 aliphatic carbocycles. The van der Waals surface area contributed by atoms with E-state index in [1.807, 2.05) is 25.1 Å². The normalized spacial score (nSPS) is 17.7. The number of benzene rings is 1. The van der Waals surface area contributed by atoms with Crippen LogP contribution in [0.5, 0.6) is 0 Å². The van der Waals surface area contributed by atoms with Gasteiger partial charge < -0.3 is 15.7 Å². The Kier molecular flexibility index (Phi) is 7.36. The summed E-state index contributed by atoms with van der Waals surface area (Å²) in [5, 5.41) is 15.4. The monoisotopic (exact) mass is 319 g/mol. The van der Waals surface area contributed by atoms with Crippen molar-refractivity contribution in [2.24, 2.45) is 0 Å². The second-order valence-corrected chi connectivity index (χ2v) is 6.20. The van der Waals surface area contributed by atoms with E-state index in [-0.39, 0.29) is 12.1 Å². The SMILES string of the molecule is CCCC(O)CNC(=O)NCC(c1ccccc1)N1CCCC1. The lowest BCUT2D eigenvalue weighted by atomic mass is 10.1. The molecule has 2 atom stereocenters. The molecule has 1 saturated heterocycles. The maximum absolute atomic E-state index is 12.0. The summed E-state index contributed by atoms with van der Waals surface area (Å²) in [6, 6.07) is 10.3. The molecule has 1 aliphatic rings. The van der Waals surface area contributed by atoms with Crippen LogP contribution in [0, 0.1) is 0 Å². The van der Waals surface area contributed by atoms with Crippen LogP contribution in [0.4, 0.5) is 4.79 Å². The fourth-order valence-corrected chi connectivity index (χ4v) is 3.08. The highest BCUT2D eigenvalue weighted by atomic mass is 16.3. The van der Waals surface area contributed by atoms with Gasteiger partial charge in [0.2, 0.25) is 0 Å². The van der Waals surface area contributed by atoms with Gasteiger partial charge in [-0.25, -0.2) is 4.79 Å². The third-order valence-corrected chi connectivity index (χ3v) is 4.34. The van der Waals surface area contributed by atoms with Gasteiger partial charge in [-0.1, -0.05) is 43.7 Å². The molecule has 1 fully saturated rings. The molecule has 1 aromatic carbocycles. The number of likely N-dealkylation sites (tertiary alicyclic amines) is 1. The summed E-state index contributed by atoms with van der Waals surface area (Å²) in [6.45, 7) is 5.07. The molecule has 0 spiro atoms. The van der Waals surface area contributed by atoms with Crippen LogP contribution in [0.3, 0.4) is 0 Å². The molecule has 23 heavy (non-hydrogen) atoms. The number of carbonyl (C=O) groups excluding carboxylic acids is 1. The molecule has 0 bridgehead atoms. The summed E-state index contributed by atoms with van der Waals surface area (Å²) in [5.41, 5.74) is 1.24. The second kappa shape index (κ2) is 9.53. The highest BCUT2D eigenvalue weighted by Gasteiger charge is 2.23. The Morgan fingerprint density at radius 1 is 1.17 bits per heavy atom. The molecule has 2 amide bonds. The zero-order chi connectivity index (χ0) is 16.5. The molecule has 128 valence electrons. The van der Waals surface area contributed by atoms with Crippen molar-refractivity contribution in [2.75, 3.05) is 26.2 Å². The van der Waals surface area contributed by atoms with Crippen molar-refractivity contribution in [3.63, 3.8) is 0 Å². The van der Waals surface area contributed by atoms with Gasteiger partial charge in [0, 0.05) is 13.1 Å². The molecular formula is C18H29N3O2. The molecule has 3 N–H and O–H groups in total. The minimum atomic E-state index is -0.464. The minimum Gasteiger partial charge on any atom is -0.391 e. The van der Waals surface area contributed by atoms with Gasteiger partial charge in [-0.15, -0.1) is 0 Å². The topological polar surface area (TPSA) is 64.6 Å². The third kappa shape index (κ3) is 5.84. The lowest BCUT2D eigenvalue weighted by molar-refractivity contribution is 0.159. The first-order valence-electron chi connectivity index (χ1n) is 8.69. The number of nitrogens with one attached hydrogen (secondary N) is 2. The minimum absolute atomic E-state index is 0.208. The number of nitrogens with zero attached hydrogens (tertiary/aromatic N) is 1. The van der Waals surface area contributed by atoms with E-state index >= 15 is 0 Å². The molecule has 1 heterocycles. The number of hydrogen-bond donors (Lipinski definition) is 3. The van der Waals surface area contributed by atoms with Gasteiger partial charge in [-0.05, 0) is 37.9 Å². The summed E-state index contributed by atoms with van der Waals surface area (Å²) in [4.78, 5) is 14.4. The van der Waals surface area contributed by atoms with Crippen molar-refractivity contribution in [1.82, 2.24) is 15.5 Å². The molecule has 1 aliphatic heterocycles. The van der Waals surface area contributed by atoms with E-state index in [2.05, 4.69) is 27.7 Å². The van der Waals surface area contributed by atoms with Crippen LogP contribution < -0.4 is 10.6 Å². The largest absolute Gasteiger partial charge is 0.391 e. The fourth-order valence-electron chi connectivity index (χ4n) is 3.08. The second-order valence-electron chi connectivity index (χ2n) is 6.20. The van der Waals surface area contributed by atoms with Crippen molar-refractivity contribution in [3.05, 3.63) is 35.9 Å². The standard InChI is InChI=1S/C18H29N3O2/c1-2-8-16(22)13-19-18(23)20-14-17(21-11-6-7-12-21)15-9-4-3-5-10-15/h3-5,9-10,16-17,22H,2,6-8,11-14H2,1H3,(H2,19,20,23). The highest BCUT2D eigenvalue weighted by Crippen LogP contribution is 2.24. The Balaban J connectivity index is 1.85. The lowest BCUT2D eigenvalue weighted by Gasteiger charge is -2.28. The number of carbonyl (C=O) groups is 1. The van der Waals surface area contributed by atoms with E-state index in [4.69, 9.17) is 0 Å². The zero-order valence-electron chi connectivity index (χ0n) is 14.0. The Morgan fingerprint density at radius 3 is 2.48 bits per heavy atom. The third-order valence-electron chi connectivity index (χ3n) is 4.34. The summed E-state index contributed by atoms with van der Waals surface area (Å²) in [6.07, 6.45) is 3.60. The van der Waals surface area contributed by atoms with E-state index in [1.165, 1.54) is 18.4 Å². The Labute approximate surface area is 139 Å². The molecular weight excluding hydrogens is 290 g/mol. The average Bonchev–Trinajstić information content (AvgIpc) is 3.09. The summed E-state index contributed by atoms with van der Waals surface area (Å²) in [5.74, 6) is 0. The Morgan fingerprint density at radius 2 is 1.83 bits per heavy atom. The van der Waals surface area contributed by atoms with Crippen molar-refractivity contribution in [2.45, 2.75) is 44.8 Å². The van der Waals surface area contributed by atoms with Crippen LogP contribution in [0.2, 0.25) is 0 Å². The van der Waals surface area contributed by atoms with Crippen LogP contribution >= 0.6 is 0 Å². The van der Waals surface area contributed by atoms with E-state index in [0.29, 0.717) is 19.5 Å². The van der Waals surface area contributed by atoms with Crippen molar-refractivity contribution in [1.29, 1.82) is 0 Å². The molecule has 2 rings (SSSR count). The number of urea groups is 1. The first kappa shape index (κ1) is 17.8. The fraction of sp³-hybridized carbons (Fsp3) is 0.611. The predicted molar refractivity (Wildman–Crippen MR) is 92.3 cm³/mol. The molecule has 0 saturated carbocycles. The Bertz CT molecular complexity index is 461. The number of rotatable bonds is 8. The molecule has 0 radical (unpaired) electrons. The molecule has 1 aromatic rings. The van der Waals surface area contributed by atoms with Gasteiger partial charge in [0.05, 0.1) is 12.1 Å². The maximum atomic E-state index is 12.0. The van der Waals surface area contributed by atoms with Crippen molar-refractivity contribution < 1.29 is 9.90 Å². The van der Waals surface area contributed by atoms with Crippen LogP contribution in [0.25, 0.3) is 0 Å². The smallest absolute Gasteiger partial charge is 0.314 e. The molecule has 5 nitrogen and oxygen atoms in total.